The van der Waals surface area contributed by atoms with Gasteiger partial charge in [-0.15, -0.1) is 5.10 Å². The van der Waals surface area contributed by atoms with Crippen LogP contribution in [0.3, 0.4) is 0 Å². The number of ether oxygens (including phenoxy) is 2. The van der Waals surface area contributed by atoms with Crippen LogP contribution in [-0.2, 0) is 4.74 Å². The van der Waals surface area contributed by atoms with Crippen molar-refractivity contribution in [3.05, 3.63) is 30.0 Å². The predicted molar refractivity (Wildman–Crippen MR) is 92.2 cm³/mol. The van der Waals surface area contributed by atoms with Crippen molar-refractivity contribution in [3.8, 4) is 22.8 Å². The van der Waals surface area contributed by atoms with E-state index >= 15 is 0 Å². The maximum atomic E-state index is 10.4. The molecule has 0 spiro atoms. The average Bonchev–Trinajstić information content (AvgIpc) is 3.05. The van der Waals surface area contributed by atoms with Crippen LogP contribution in [0.2, 0.25) is 0 Å². The molecule has 3 aromatic rings. The normalized spacial score (nSPS) is 14.9. The fraction of sp³-hybridized carbons (Fsp3) is 0.353. The molecule has 1 aromatic carbocycles. The summed E-state index contributed by atoms with van der Waals surface area (Å²) in [5.74, 6) is 1.87. The summed E-state index contributed by atoms with van der Waals surface area (Å²) in [7, 11) is 1.57. The number of hydrogen-bond donors (Lipinski definition) is 1. The van der Waals surface area contributed by atoms with Gasteiger partial charge in [0, 0.05) is 30.9 Å². The van der Waals surface area contributed by atoms with Crippen LogP contribution in [0.1, 0.15) is 5.56 Å². The van der Waals surface area contributed by atoms with Gasteiger partial charge < -0.3 is 19.5 Å². The minimum absolute atomic E-state index is 0.126. The van der Waals surface area contributed by atoms with E-state index in [1.165, 1.54) is 0 Å². The lowest BCUT2D eigenvalue weighted by molar-refractivity contribution is 0.122. The second-order valence-electron chi connectivity index (χ2n) is 5.91. The minimum atomic E-state index is 0.126. The lowest BCUT2D eigenvalue weighted by Gasteiger charge is -2.25. The molecule has 2 aromatic heterocycles. The van der Waals surface area contributed by atoms with Gasteiger partial charge in [0.25, 0.3) is 5.78 Å². The van der Waals surface area contributed by atoms with E-state index in [9.17, 15) is 5.11 Å². The molecule has 0 bridgehead atoms. The molecule has 1 fully saturated rings. The van der Waals surface area contributed by atoms with E-state index < -0.39 is 0 Å². The van der Waals surface area contributed by atoms with E-state index in [1.807, 2.05) is 19.1 Å². The Kier molecular flexibility index (Phi) is 3.89. The van der Waals surface area contributed by atoms with Crippen molar-refractivity contribution in [3.63, 3.8) is 0 Å². The standard InChI is InChI=1S/C17H19N5O3/c1-11-9-12(24-2)10-14(23)15(11)13-3-4-22-16(18-13)19-17(20-22)21-5-7-25-8-6-21/h3-4,9-10,23H,5-8H2,1-2H3. The maximum absolute atomic E-state index is 10.4. The molecule has 0 atom stereocenters. The molecule has 4 rings (SSSR count). The first-order valence-electron chi connectivity index (χ1n) is 8.10. The Bertz CT molecular complexity index is 895. The van der Waals surface area contributed by atoms with Crippen LogP contribution in [-0.4, -0.2) is 58.1 Å². The maximum Gasteiger partial charge on any atom is 0.254 e. The summed E-state index contributed by atoms with van der Waals surface area (Å²) < 4.78 is 12.2. The van der Waals surface area contributed by atoms with Crippen molar-refractivity contribution in [1.82, 2.24) is 19.6 Å². The van der Waals surface area contributed by atoms with Gasteiger partial charge in [0.2, 0.25) is 5.95 Å². The molecule has 0 aliphatic carbocycles. The lowest BCUT2D eigenvalue weighted by Crippen LogP contribution is -2.36. The van der Waals surface area contributed by atoms with Gasteiger partial charge in [-0.25, -0.2) is 9.50 Å². The smallest absolute Gasteiger partial charge is 0.254 e. The van der Waals surface area contributed by atoms with Crippen LogP contribution in [0.5, 0.6) is 11.5 Å². The Morgan fingerprint density at radius 3 is 2.72 bits per heavy atom. The summed E-state index contributed by atoms with van der Waals surface area (Å²) in [6.45, 7) is 4.79. The molecule has 130 valence electrons. The SMILES string of the molecule is COc1cc(C)c(-c2ccn3nc(N4CCOCC4)nc3n2)c(O)c1. The topological polar surface area (TPSA) is 85.0 Å². The Morgan fingerprint density at radius 2 is 2.00 bits per heavy atom. The second-order valence-corrected chi connectivity index (χ2v) is 5.91. The summed E-state index contributed by atoms with van der Waals surface area (Å²) in [5, 5.41) is 14.8. The third kappa shape index (κ3) is 2.85. The minimum Gasteiger partial charge on any atom is -0.507 e. The number of aromatic nitrogens is 4. The van der Waals surface area contributed by atoms with Gasteiger partial charge in [0.1, 0.15) is 11.5 Å². The number of fused-ring (bicyclic) bond motifs is 1. The number of aromatic hydroxyl groups is 1. The molecular formula is C17H19N5O3. The van der Waals surface area contributed by atoms with E-state index in [1.54, 1.807) is 23.9 Å². The first-order valence-corrected chi connectivity index (χ1v) is 8.10. The molecule has 3 heterocycles. The van der Waals surface area contributed by atoms with E-state index in [4.69, 9.17) is 9.47 Å². The largest absolute Gasteiger partial charge is 0.507 e. The fourth-order valence-electron chi connectivity index (χ4n) is 2.99. The van der Waals surface area contributed by atoms with Gasteiger partial charge in [0.15, 0.2) is 0 Å². The predicted octanol–water partition coefficient (Wildman–Crippen LogP) is 1.65. The number of phenols is 1. The molecule has 1 aliphatic heterocycles. The zero-order valence-corrected chi connectivity index (χ0v) is 14.1. The van der Waals surface area contributed by atoms with Crippen molar-refractivity contribution < 1.29 is 14.6 Å². The summed E-state index contributed by atoms with van der Waals surface area (Å²) in [5.41, 5.74) is 2.19. The molecule has 0 saturated carbocycles. The van der Waals surface area contributed by atoms with Crippen LogP contribution < -0.4 is 9.64 Å². The first-order chi connectivity index (χ1) is 12.2. The molecule has 8 heteroatoms. The highest BCUT2D eigenvalue weighted by Gasteiger charge is 2.18. The van der Waals surface area contributed by atoms with E-state index in [2.05, 4.69) is 20.0 Å². The van der Waals surface area contributed by atoms with Gasteiger partial charge in [-0.05, 0) is 24.6 Å². The van der Waals surface area contributed by atoms with Gasteiger partial charge in [-0.3, -0.25) is 0 Å². The Balaban J connectivity index is 1.74. The third-order valence-corrected chi connectivity index (χ3v) is 4.27. The number of phenolic OH excluding ortho intramolecular Hbond substituents is 1. The van der Waals surface area contributed by atoms with Crippen molar-refractivity contribution in [1.29, 1.82) is 0 Å². The van der Waals surface area contributed by atoms with Gasteiger partial charge in [-0.2, -0.15) is 4.98 Å². The molecule has 1 aliphatic rings. The lowest BCUT2D eigenvalue weighted by atomic mass is 10.0. The quantitative estimate of drug-likeness (QED) is 0.775. The molecule has 0 radical (unpaired) electrons. The highest BCUT2D eigenvalue weighted by Crippen LogP contribution is 2.35. The Hall–Kier alpha value is -2.87. The van der Waals surface area contributed by atoms with Crippen LogP contribution in [0.15, 0.2) is 24.4 Å². The summed E-state index contributed by atoms with van der Waals surface area (Å²) in [4.78, 5) is 11.2. The Labute approximate surface area is 144 Å². The van der Waals surface area contributed by atoms with Crippen LogP contribution in [0, 0.1) is 6.92 Å². The summed E-state index contributed by atoms with van der Waals surface area (Å²) >= 11 is 0. The Morgan fingerprint density at radius 1 is 1.20 bits per heavy atom. The summed E-state index contributed by atoms with van der Waals surface area (Å²) in [6.07, 6.45) is 1.80. The monoisotopic (exact) mass is 341 g/mol. The van der Waals surface area contributed by atoms with Crippen molar-refractivity contribution in [2.75, 3.05) is 38.3 Å². The van der Waals surface area contributed by atoms with Crippen molar-refractivity contribution in [2.24, 2.45) is 0 Å². The van der Waals surface area contributed by atoms with E-state index in [0.29, 0.717) is 41.9 Å². The fourth-order valence-corrected chi connectivity index (χ4v) is 2.99. The highest BCUT2D eigenvalue weighted by molar-refractivity contribution is 5.72. The van der Waals surface area contributed by atoms with Gasteiger partial charge in [0.05, 0.1) is 26.0 Å². The van der Waals surface area contributed by atoms with Gasteiger partial charge >= 0.3 is 0 Å². The van der Waals surface area contributed by atoms with Gasteiger partial charge in [-0.1, -0.05) is 0 Å². The number of nitrogens with zero attached hydrogens (tertiary/aromatic N) is 5. The zero-order chi connectivity index (χ0) is 17.4. The van der Waals surface area contributed by atoms with Crippen LogP contribution in [0.4, 0.5) is 5.95 Å². The van der Waals surface area contributed by atoms with Crippen molar-refractivity contribution in [2.45, 2.75) is 6.92 Å². The number of hydrogen-bond acceptors (Lipinski definition) is 7. The number of rotatable bonds is 3. The molecule has 1 N–H and O–H groups in total. The van der Waals surface area contributed by atoms with Crippen LogP contribution >= 0.6 is 0 Å². The van der Waals surface area contributed by atoms with E-state index in [0.717, 1.165) is 18.7 Å². The molecule has 25 heavy (non-hydrogen) atoms. The number of methoxy groups -OCH3 is 1. The number of aryl methyl sites for hydroxylation is 1. The highest BCUT2D eigenvalue weighted by atomic mass is 16.5. The molecule has 0 unspecified atom stereocenters. The molecular weight excluding hydrogens is 322 g/mol. The molecule has 8 nitrogen and oxygen atoms in total. The number of morpholine rings is 1. The van der Waals surface area contributed by atoms with Crippen molar-refractivity contribution >= 4 is 11.7 Å². The third-order valence-electron chi connectivity index (χ3n) is 4.27. The molecule has 0 amide bonds. The zero-order valence-electron chi connectivity index (χ0n) is 14.1. The number of benzene rings is 1. The average molecular weight is 341 g/mol. The summed E-state index contributed by atoms with van der Waals surface area (Å²) in [6, 6.07) is 5.26. The number of anilines is 1. The van der Waals surface area contributed by atoms with E-state index in [-0.39, 0.29) is 5.75 Å². The second kappa shape index (κ2) is 6.21. The first kappa shape index (κ1) is 15.6. The van der Waals surface area contributed by atoms with Crippen LogP contribution in [0.25, 0.3) is 17.0 Å². The molecule has 1 saturated heterocycles.